The summed E-state index contributed by atoms with van der Waals surface area (Å²) in [7, 11) is 2.04. The van der Waals surface area contributed by atoms with Gasteiger partial charge in [-0.25, -0.2) is 0 Å². The van der Waals surface area contributed by atoms with E-state index in [9.17, 15) is 0 Å². The van der Waals surface area contributed by atoms with E-state index in [1.165, 1.54) is 34.1 Å². The van der Waals surface area contributed by atoms with Gasteiger partial charge in [0.05, 0.1) is 0 Å². The Morgan fingerprint density at radius 3 is 2.86 bits per heavy atom. The molecule has 2 heteroatoms. The van der Waals surface area contributed by atoms with E-state index in [2.05, 4.69) is 54.7 Å². The zero-order valence-corrected chi connectivity index (χ0v) is 12.4. The first-order valence-electron chi connectivity index (χ1n) is 7.55. The lowest BCUT2D eigenvalue weighted by atomic mass is 10.0. The predicted octanol–water partition coefficient (Wildman–Crippen LogP) is 4.61. The maximum atomic E-state index is 6.01. The van der Waals surface area contributed by atoms with Crippen LogP contribution >= 0.6 is 0 Å². The molecule has 1 aromatic heterocycles. The van der Waals surface area contributed by atoms with E-state index in [4.69, 9.17) is 4.42 Å². The summed E-state index contributed by atoms with van der Waals surface area (Å²) in [6, 6.07) is 15.7. The van der Waals surface area contributed by atoms with E-state index >= 15 is 0 Å². The third kappa shape index (κ3) is 2.07. The van der Waals surface area contributed by atoms with Crippen LogP contribution in [-0.2, 0) is 6.42 Å². The fraction of sp³-hybridized carbons (Fsp3) is 0.263. The van der Waals surface area contributed by atoms with Crippen molar-refractivity contribution in [3.05, 3.63) is 59.2 Å². The molecule has 106 valence electrons. The third-order valence-electron chi connectivity index (χ3n) is 4.53. The van der Waals surface area contributed by atoms with Crippen molar-refractivity contribution in [3.8, 4) is 11.3 Å². The summed E-state index contributed by atoms with van der Waals surface area (Å²) < 4.78 is 6.01. The number of aryl methyl sites for hydroxylation is 2. The highest BCUT2D eigenvalue weighted by molar-refractivity contribution is 5.83. The molecule has 0 spiro atoms. The van der Waals surface area contributed by atoms with Gasteiger partial charge in [-0.1, -0.05) is 23.8 Å². The summed E-state index contributed by atoms with van der Waals surface area (Å²) in [5.41, 5.74) is 6.29. The van der Waals surface area contributed by atoms with Crippen LogP contribution in [0.15, 0.2) is 46.9 Å². The topological polar surface area (TPSA) is 25.2 Å². The number of rotatable bonds is 2. The molecule has 1 atom stereocenters. The highest BCUT2D eigenvalue weighted by Crippen LogP contribution is 2.35. The second-order valence-electron chi connectivity index (χ2n) is 5.95. The van der Waals surface area contributed by atoms with E-state index in [-0.39, 0.29) is 0 Å². The standard InChI is InChI=1S/C19H19NO/c1-12-3-8-18-15(9-12)11-19(21-18)14-4-6-16-13(10-14)5-7-17(16)20-2/h3-4,6,8-11,17,20H,5,7H2,1-2H3. The molecule has 4 rings (SSSR count). The summed E-state index contributed by atoms with van der Waals surface area (Å²) in [6.07, 6.45) is 2.34. The van der Waals surface area contributed by atoms with Gasteiger partial charge in [-0.05, 0) is 62.2 Å². The number of nitrogens with one attached hydrogen (secondary N) is 1. The SMILES string of the molecule is CNC1CCc2cc(-c3cc4cc(C)ccc4o3)ccc21. The largest absolute Gasteiger partial charge is 0.456 e. The molecule has 21 heavy (non-hydrogen) atoms. The molecule has 1 N–H and O–H groups in total. The first-order chi connectivity index (χ1) is 10.2. The maximum Gasteiger partial charge on any atom is 0.135 e. The molecule has 2 nitrogen and oxygen atoms in total. The number of hydrogen-bond acceptors (Lipinski definition) is 2. The Morgan fingerprint density at radius 2 is 2.00 bits per heavy atom. The second kappa shape index (κ2) is 4.74. The lowest BCUT2D eigenvalue weighted by molar-refractivity contribution is 0.590. The molecule has 0 saturated heterocycles. The van der Waals surface area contributed by atoms with Crippen molar-refractivity contribution in [2.24, 2.45) is 0 Å². The molecule has 0 fully saturated rings. The Hall–Kier alpha value is -2.06. The number of benzene rings is 2. The van der Waals surface area contributed by atoms with Crippen LogP contribution < -0.4 is 5.32 Å². The molecular weight excluding hydrogens is 258 g/mol. The van der Waals surface area contributed by atoms with Crippen LogP contribution in [0.4, 0.5) is 0 Å². The Balaban J connectivity index is 1.78. The highest BCUT2D eigenvalue weighted by Gasteiger charge is 2.21. The van der Waals surface area contributed by atoms with Crippen molar-refractivity contribution in [2.75, 3.05) is 7.05 Å². The van der Waals surface area contributed by atoms with Gasteiger partial charge in [-0.2, -0.15) is 0 Å². The van der Waals surface area contributed by atoms with E-state index in [1.54, 1.807) is 0 Å². The molecule has 3 aromatic rings. The van der Waals surface area contributed by atoms with Gasteiger partial charge in [0.1, 0.15) is 11.3 Å². The minimum Gasteiger partial charge on any atom is -0.456 e. The number of fused-ring (bicyclic) bond motifs is 2. The van der Waals surface area contributed by atoms with E-state index in [1.807, 2.05) is 7.05 Å². The summed E-state index contributed by atoms with van der Waals surface area (Å²) in [5, 5.41) is 4.56. The molecule has 0 aliphatic heterocycles. The molecule has 1 unspecified atom stereocenters. The molecule has 2 aromatic carbocycles. The van der Waals surface area contributed by atoms with Gasteiger partial charge in [-0.15, -0.1) is 0 Å². The van der Waals surface area contributed by atoms with Gasteiger partial charge in [-0.3, -0.25) is 0 Å². The summed E-state index contributed by atoms with van der Waals surface area (Å²) in [6.45, 7) is 2.11. The van der Waals surface area contributed by atoms with Crippen molar-refractivity contribution in [1.29, 1.82) is 0 Å². The van der Waals surface area contributed by atoms with Crippen molar-refractivity contribution < 1.29 is 4.42 Å². The number of hydrogen-bond donors (Lipinski definition) is 1. The van der Waals surface area contributed by atoms with Gasteiger partial charge in [0.15, 0.2) is 0 Å². The molecule has 1 heterocycles. The second-order valence-corrected chi connectivity index (χ2v) is 5.95. The van der Waals surface area contributed by atoms with Crippen LogP contribution in [0.5, 0.6) is 0 Å². The minimum atomic E-state index is 0.507. The fourth-order valence-corrected chi connectivity index (χ4v) is 3.38. The van der Waals surface area contributed by atoms with Crippen LogP contribution in [-0.4, -0.2) is 7.05 Å². The Kier molecular flexibility index (Phi) is 2.86. The van der Waals surface area contributed by atoms with Crippen LogP contribution in [0.25, 0.3) is 22.3 Å². The molecule has 0 saturated carbocycles. The maximum absolute atomic E-state index is 6.01. The van der Waals surface area contributed by atoms with Crippen LogP contribution in [0.2, 0.25) is 0 Å². The van der Waals surface area contributed by atoms with Gasteiger partial charge in [0, 0.05) is 17.0 Å². The number of furan rings is 1. The third-order valence-corrected chi connectivity index (χ3v) is 4.53. The van der Waals surface area contributed by atoms with Crippen molar-refractivity contribution in [3.63, 3.8) is 0 Å². The van der Waals surface area contributed by atoms with E-state index in [0.717, 1.165) is 17.8 Å². The lowest BCUT2D eigenvalue weighted by Crippen LogP contribution is -2.12. The first kappa shape index (κ1) is 12.7. The smallest absolute Gasteiger partial charge is 0.135 e. The van der Waals surface area contributed by atoms with Crippen molar-refractivity contribution >= 4 is 11.0 Å². The zero-order valence-electron chi connectivity index (χ0n) is 12.4. The molecule has 0 bridgehead atoms. The molecule has 1 aliphatic rings. The fourth-order valence-electron chi connectivity index (χ4n) is 3.38. The Morgan fingerprint density at radius 1 is 1.10 bits per heavy atom. The lowest BCUT2D eigenvalue weighted by Gasteiger charge is -2.10. The van der Waals surface area contributed by atoms with Gasteiger partial charge in [0.25, 0.3) is 0 Å². The van der Waals surface area contributed by atoms with Gasteiger partial charge < -0.3 is 9.73 Å². The Labute approximate surface area is 124 Å². The van der Waals surface area contributed by atoms with E-state index in [0.29, 0.717) is 6.04 Å². The normalized spacial score (nSPS) is 17.3. The predicted molar refractivity (Wildman–Crippen MR) is 86.5 cm³/mol. The van der Waals surface area contributed by atoms with Crippen molar-refractivity contribution in [2.45, 2.75) is 25.8 Å². The van der Waals surface area contributed by atoms with E-state index < -0.39 is 0 Å². The van der Waals surface area contributed by atoms with Crippen LogP contribution in [0, 0.1) is 6.92 Å². The van der Waals surface area contributed by atoms with Crippen LogP contribution in [0.1, 0.15) is 29.2 Å². The van der Waals surface area contributed by atoms with Crippen LogP contribution in [0.3, 0.4) is 0 Å². The summed E-state index contributed by atoms with van der Waals surface area (Å²) in [5.74, 6) is 0.964. The molecule has 0 amide bonds. The Bertz CT molecular complexity index is 816. The van der Waals surface area contributed by atoms with Gasteiger partial charge in [0.2, 0.25) is 0 Å². The monoisotopic (exact) mass is 277 g/mol. The average molecular weight is 277 g/mol. The zero-order chi connectivity index (χ0) is 14.4. The highest BCUT2D eigenvalue weighted by atomic mass is 16.3. The molecule has 0 radical (unpaired) electrons. The van der Waals surface area contributed by atoms with Gasteiger partial charge >= 0.3 is 0 Å². The molecular formula is C19H19NO. The minimum absolute atomic E-state index is 0.507. The quantitative estimate of drug-likeness (QED) is 0.739. The summed E-state index contributed by atoms with van der Waals surface area (Å²) in [4.78, 5) is 0. The summed E-state index contributed by atoms with van der Waals surface area (Å²) >= 11 is 0. The molecule has 1 aliphatic carbocycles. The first-order valence-corrected chi connectivity index (χ1v) is 7.55. The average Bonchev–Trinajstić information content (AvgIpc) is 3.09. The van der Waals surface area contributed by atoms with Crippen molar-refractivity contribution in [1.82, 2.24) is 5.32 Å².